The van der Waals surface area contributed by atoms with Crippen LogP contribution in [0.5, 0.6) is 0 Å². The van der Waals surface area contributed by atoms with E-state index < -0.39 is 0 Å². The molecule has 41 heavy (non-hydrogen) atoms. The van der Waals surface area contributed by atoms with Gasteiger partial charge in [0.25, 0.3) is 0 Å². The van der Waals surface area contributed by atoms with Crippen molar-refractivity contribution in [2.75, 3.05) is 0 Å². The average Bonchev–Trinajstić information content (AvgIpc) is 3.63. The Hall–Kier alpha value is -5.08. The number of fused-ring (bicyclic) bond motifs is 10. The van der Waals surface area contributed by atoms with E-state index in [1.165, 1.54) is 60.9 Å². The van der Waals surface area contributed by atoms with E-state index in [1.807, 2.05) is 12.1 Å². The molecule has 0 amide bonds. The molecule has 0 saturated carbocycles. The second-order valence-corrected chi connectivity index (χ2v) is 11.8. The lowest BCUT2D eigenvalue weighted by Crippen LogP contribution is -2.14. The van der Waals surface area contributed by atoms with Gasteiger partial charge in [0, 0.05) is 38.2 Å². The Bertz CT molecular complexity index is 2330. The number of nitrogens with zero attached hydrogens (tertiary/aromatic N) is 1. The molecule has 0 N–H and O–H groups in total. The quantitative estimate of drug-likeness (QED) is 0.219. The molecule has 8 aromatic rings. The molecular formula is C39H27NO. The summed E-state index contributed by atoms with van der Waals surface area (Å²) in [6, 6.07) is 46.2. The molecule has 2 nitrogen and oxygen atoms in total. The van der Waals surface area contributed by atoms with Gasteiger partial charge in [-0.1, -0.05) is 105 Å². The number of hydrogen-bond acceptors (Lipinski definition) is 1. The minimum Gasteiger partial charge on any atom is -0.456 e. The standard InChI is InChI=1S/C39H27NO/c1-39(2)32-12-6-3-11-30(32)37-33(39)21-20-29-27-9-4-7-13-34(27)40(38(29)37)26-18-15-24(16-19-26)25-17-22-36-31(23-25)28-10-5-8-14-35(28)41-36/h3-23H,1-2H3. The fourth-order valence-electron chi connectivity index (χ4n) is 7.22. The van der Waals surface area contributed by atoms with Crippen LogP contribution in [0.1, 0.15) is 25.0 Å². The van der Waals surface area contributed by atoms with Crippen molar-refractivity contribution in [2.45, 2.75) is 19.3 Å². The van der Waals surface area contributed by atoms with E-state index in [2.05, 4.69) is 134 Å². The Morgan fingerprint density at radius 2 is 1.24 bits per heavy atom. The molecule has 2 heterocycles. The summed E-state index contributed by atoms with van der Waals surface area (Å²) in [5.74, 6) is 0. The first-order chi connectivity index (χ1) is 20.1. The van der Waals surface area contributed by atoms with Crippen molar-refractivity contribution in [3.8, 4) is 27.9 Å². The summed E-state index contributed by atoms with van der Waals surface area (Å²) in [6.07, 6.45) is 0. The Kier molecular flexibility index (Phi) is 4.42. The van der Waals surface area contributed by atoms with Gasteiger partial charge in [-0.2, -0.15) is 0 Å². The lowest BCUT2D eigenvalue weighted by Gasteiger charge is -2.21. The highest BCUT2D eigenvalue weighted by atomic mass is 16.3. The van der Waals surface area contributed by atoms with Crippen molar-refractivity contribution in [1.82, 2.24) is 4.57 Å². The van der Waals surface area contributed by atoms with Crippen LogP contribution in [0, 0.1) is 0 Å². The van der Waals surface area contributed by atoms with E-state index in [4.69, 9.17) is 4.42 Å². The molecule has 0 unspecified atom stereocenters. The summed E-state index contributed by atoms with van der Waals surface area (Å²) >= 11 is 0. The second-order valence-electron chi connectivity index (χ2n) is 11.8. The van der Waals surface area contributed by atoms with E-state index in [0.29, 0.717) is 0 Å². The van der Waals surface area contributed by atoms with Gasteiger partial charge >= 0.3 is 0 Å². The SMILES string of the molecule is CC1(C)c2ccccc2-c2c1ccc1c3ccccc3n(-c3ccc(-c4ccc5oc6ccccc6c5c4)cc3)c21. The number of benzene rings is 6. The predicted molar refractivity (Wildman–Crippen MR) is 171 cm³/mol. The molecule has 6 aromatic carbocycles. The number of para-hydroxylation sites is 2. The molecule has 0 saturated heterocycles. The largest absolute Gasteiger partial charge is 0.456 e. The number of furan rings is 1. The molecule has 0 bridgehead atoms. The minimum atomic E-state index is -0.0405. The summed E-state index contributed by atoms with van der Waals surface area (Å²) in [4.78, 5) is 0. The van der Waals surface area contributed by atoms with Gasteiger partial charge in [0.05, 0.1) is 11.0 Å². The third-order valence-electron chi connectivity index (χ3n) is 9.22. The first-order valence-corrected chi connectivity index (χ1v) is 14.3. The van der Waals surface area contributed by atoms with E-state index in [-0.39, 0.29) is 5.41 Å². The van der Waals surface area contributed by atoms with Gasteiger partial charge in [0.1, 0.15) is 11.2 Å². The van der Waals surface area contributed by atoms with Crippen molar-refractivity contribution in [3.05, 3.63) is 139 Å². The van der Waals surface area contributed by atoms with Crippen molar-refractivity contribution in [3.63, 3.8) is 0 Å². The van der Waals surface area contributed by atoms with Crippen LogP contribution in [0.3, 0.4) is 0 Å². The molecule has 1 aliphatic carbocycles. The van der Waals surface area contributed by atoms with Crippen LogP contribution < -0.4 is 0 Å². The second kappa shape index (κ2) is 7.99. The zero-order chi connectivity index (χ0) is 27.3. The Balaban J connectivity index is 1.27. The van der Waals surface area contributed by atoms with Crippen LogP contribution in [0.2, 0.25) is 0 Å². The van der Waals surface area contributed by atoms with Crippen molar-refractivity contribution in [2.24, 2.45) is 0 Å². The molecule has 194 valence electrons. The van der Waals surface area contributed by atoms with Gasteiger partial charge in [-0.05, 0) is 64.2 Å². The van der Waals surface area contributed by atoms with Gasteiger partial charge in [0.15, 0.2) is 0 Å². The smallest absolute Gasteiger partial charge is 0.135 e. The Morgan fingerprint density at radius 1 is 0.537 bits per heavy atom. The van der Waals surface area contributed by atoms with Gasteiger partial charge < -0.3 is 8.98 Å². The lowest BCUT2D eigenvalue weighted by atomic mass is 9.82. The maximum atomic E-state index is 6.07. The molecule has 2 aromatic heterocycles. The highest BCUT2D eigenvalue weighted by Gasteiger charge is 2.37. The third-order valence-corrected chi connectivity index (χ3v) is 9.22. The third kappa shape index (κ3) is 3.02. The molecule has 0 atom stereocenters. The highest BCUT2D eigenvalue weighted by Crippen LogP contribution is 2.52. The molecule has 0 aliphatic heterocycles. The summed E-state index contributed by atoms with van der Waals surface area (Å²) in [7, 11) is 0. The van der Waals surface area contributed by atoms with Crippen molar-refractivity contribution >= 4 is 43.7 Å². The zero-order valence-corrected chi connectivity index (χ0v) is 23.0. The normalized spacial score (nSPS) is 13.8. The van der Waals surface area contributed by atoms with E-state index in [0.717, 1.165) is 21.9 Å². The minimum absolute atomic E-state index is 0.0405. The Labute approximate surface area is 238 Å². The van der Waals surface area contributed by atoms with Crippen molar-refractivity contribution in [1.29, 1.82) is 0 Å². The fourth-order valence-corrected chi connectivity index (χ4v) is 7.22. The first kappa shape index (κ1) is 22.7. The number of aromatic nitrogens is 1. The summed E-state index contributed by atoms with van der Waals surface area (Å²) in [5.41, 5.74) is 13.4. The summed E-state index contributed by atoms with van der Waals surface area (Å²) in [5, 5.41) is 4.90. The number of hydrogen-bond donors (Lipinski definition) is 0. The van der Waals surface area contributed by atoms with Crippen LogP contribution in [-0.2, 0) is 5.41 Å². The zero-order valence-electron chi connectivity index (χ0n) is 23.0. The molecule has 9 rings (SSSR count). The van der Waals surface area contributed by atoms with Crippen LogP contribution >= 0.6 is 0 Å². The van der Waals surface area contributed by atoms with Crippen LogP contribution in [0.25, 0.3) is 71.7 Å². The lowest BCUT2D eigenvalue weighted by molar-refractivity contribution is 0.661. The molecule has 0 fully saturated rings. The molecule has 0 spiro atoms. The topological polar surface area (TPSA) is 18.1 Å². The maximum absolute atomic E-state index is 6.07. The van der Waals surface area contributed by atoms with Crippen LogP contribution in [0.4, 0.5) is 0 Å². The van der Waals surface area contributed by atoms with E-state index >= 15 is 0 Å². The highest BCUT2D eigenvalue weighted by molar-refractivity contribution is 6.15. The molecule has 0 radical (unpaired) electrons. The van der Waals surface area contributed by atoms with E-state index in [1.54, 1.807) is 0 Å². The fraction of sp³-hybridized carbons (Fsp3) is 0.0769. The molecule has 2 heteroatoms. The predicted octanol–water partition coefficient (Wildman–Crippen LogP) is 10.7. The molecular weight excluding hydrogens is 498 g/mol. The number of rotatable bonds is 2. The monoisotopic (exact) mass is 525 g/mol. The van der Waals surface area contributed by atoms with E-state index in [9.17, 15) is 0 Å². The van der Waals surface area contributed by atoms with Crippen LogP contribution in [0.15, 0.2) is 132 Å². The van der Waals surface area contributed by atoms with Gasteiger partial charge in [-0.15, -0.1) is 0 Å². The van der Waals surface area contributed by atoms with Gasteiger partial charge in [0.2, 0.25) is 0 Å². The summed E-state index contributed by atoms with van der Waals surface area (Å²) in [6.45, 7) is 4.71. The van der Waals surface area contributed by atoms with Gasteiger partial charge in [-0.3, -0.25) is 0 Å². The first-order valence-electron chi connectivity index (χ1n) is 14.3. The average molecular weight is 526 g/mol. The Morgan fingerprint density at radius 3 is 2.12 bits per heavy atom. The molecule has 1 aliphatic rings. The maximum Gasteiger partial charge on any atom is 0.135 e. The summed E-state index contributed by atoms with van der Waals surface area (Å²) < 4.78 is 8.54. The van der Waals surface area contributed by atoms with Crippen molar-refractivity contribution < 1.29 is 4.42 Å². The van der Waals surface area contributed by atoms with Gasteiger partial charge in [-0.25, -0.2) is 0 Å². The van der Waals surface area contributed by atoms with Crippen LogP contribution in [-0.4, -0.2) is 4.57 Å².